The van der Waals surface area contributed by atoms with Gasteiger partial charge >= 0.3 is 0 Å². The molecule has 1 aliphatic rings. The first-order chi connectivity index (χ1) is 12.1. The van der Waals surface area contributed by atoms with Gasteiger partial charge < -0.3 is 4.90 Å². The van der Waals surface area contributed by atoms with E-state index in [2.05, 4.69) is 0 Å². The van der Waals surface area contributed by atoms with E-state index >= 15 is 0 Å². The molecular weight excluding hydrogens is 320 g/mol. The molecule has 0 radical (unpaired) electrons. The van der Waals surface area contributed by atoms with Gasteiger partial charge in [0.2, 0.25) is 0 Å². The van der Waals surface area contributed by atoms with Gasteiger partial charge in [-0.3, -0.25) is 19.7 Å². The maximum atomic E-state index is 12.4. The number of anilines is 1. The molecule has 0 saturated carbocycles. The molecule has 1 heterocycles. The lowest BCUT2D eigenvalue weighted by Gasteiger charge is -2.17. The molecule has 0 atom stereocenters. The zero-order chi connectivity index (χ0) is 17.6. The van der Waals surface area contributed by atoms with Crippen molar-refractivity contribution in [1.29, 1.82) is 0 Å². The third-order valence-corrected chi connectivity index (χ3v) is 4.37. The zero-order valence-electron chi connectivity index (χ0n) is 13.0. The number of ketones is 1. The summed E-state index contributed by atoms with van der Waals surface area (Å²) < 4.78 is 0. The van der Waals surface area contributed by atoms with Crippen LogP contribution in [0.15, 0.2) is 60.7 Å². The largest absolute Gasteiger partial charge is 0.300 e. The monoisotopic (exact) mass is 332 g/mol. The number of nitrogens with zero attached hydrogens (tertiary/aromatic N) is 2. The molecule has 0 aromatic heterocycles. The summed E-state index contributed by atoms with van der Waals surface area (Å²) >= 11 is 0. The minimum absolute atomic E-state index is 0.0828. The summed E-state index contributed by atoms with van der Waals surface area (Å²) in [6.07, 6.45) is 0. The Morgan fingerprint density at radius 3 is 2.52 bits per heavy atom. The van der Waals surface area contributed by atoms with Crippen LogP contribution in [0.4, 0.5) is 11.4 Å². The van der Waals surface area contributed by atoms with E-state index in [-0.39, 0.29) is 17.8 Å². The molecule has 6 heteroatoms. The van der Waals surface area contributed by atoms with Gasteiger partial charge in [-0.25, -0.2) is 0 Å². The van der Waals surface area contributed by atoms with Gasteiger partial charge in [0.15, 0.2) is 0 Å². The quantitative estimate of drug-likeness (QED) is 0.418. The van der Waals surface area contributed by atoms with E-state index in [0.717, 1.165) is 16.3 Å². The summed E-state index contributed by atoms with van der Waals surface area (Å²) in [6.45, 7) is 0.233. The second-order valence-electron chi connectivity index (χ2n) is 5.82. The minimum Gasteiger partial charge on any atom is -0.300 e. The Morgan fingerprint density at radius 1 is 0.960 bits per heavy atom. The van der Waals surface area contributed by atoms with Crippen molar-refractivity contribution < 1.29 is 14.5 Å². The van der Waals surface area contributed by atoms with Crippen molar-refractivity contribution in [3.05, 3.63) is 81.9 Å². The van der Waals surface area contributed by atoms with Crippen LogP contribution < -0.4 is 4.90 Å². The highest BCUT2D eigenvalue weighted by atomic mass is 16.6. The molecular formula is C19H12N2O4. The number of nitro benzene ring substituents is 1. The zero-order valence-corrected chi connectivity index (χ0v) is 13.0. The van der Waals surface area contributed by atoms with Crippen LogP contribution in [0.2, 0.25) is 0 Å². The molecule has 1 aliphatic heterocycles. The maximum absolute atomic E-state index is 12.4. The molecule has 0 aliphatic carbocycles. The fourth-order valence-electron chi connectivity index (χ4n) is 3.16. The Labute approximate surface area is 142 Å². The van der Waals surface area contributed by atoms with Crippen molar-refractivity contribution in [1.82, 2.24) is 0 Å². The third-order valence-electron chi connectivity index (χ3n) is 4.37. The average Bonchev–Trinajstić information content (AvgIpc) is 2.86. The van der Waals surface area contributed by atoms with E-state index < -0.39 is 16.6 Å². The van der Waals surface area contributed by atoms with Gasteiger partial charge in [-0.05, 0) is 22.4 Å². The fourth-order valence-corrected chi connectivity index (χ4v) is 3.16. The van der Waals surface area contributed by atoms with Gasteiger partial charge in [0, 0.05) is 12.1 Å². The smallest absolute Gasteiger partial charge is 0.299 e. The number of hydrogen-bond donors (Lipinski definition) is 0. The van der Waals surface area contributed by atoms with Crippen LogP contribution in [0.1, 0.15) is 15.9 Å². The average molecular weight is 332 g/mol. The van der Waals surface area contributed by atoms with Gasteiger partial charge in [-0.15, -0.1) is 0 Å². The van der Waals surface area contributed by atoms with Crippen molar-refractivity contribution in [2.75, 3.05) is 4.90 Å². The topological polar surface area (TPSA) is 80.5 Å². The molecule has 6 nitrogen and oxygen atoms in total. The van der Waals surface area contributed by atoms with Gasteiger partial charge in [-0.2, -0.15) is 0 Å². The molecule has 0 N–H and O–H groups in total. The Kier molecular flexibility index (Phi) is 3.32. The van der Waals surface area contributed by atoms with E-state index in [4.69, 9.17) is 0 Å². The molecule has 0 fully saturated rings. The number of nitro groups is 1. The third kappa shape index (κ3) is 2.35. The predicted molar refractivity (Wildman–Crippen MR) is 92.6 cm³/mol. The molecule has 0 spiro atoms. The molecule has 122 valence electrons. The van der Waals surface area contributed by atoms with Crippen LogP contribution in [0.5, 0.6) is 0 Å². The highest BCUT2D eigenvalue weighted by molar-refractivity contribution is 6.52. The normalized spacial score (nSPS) is 13.4. The van der Waals surface area contributed by atoms with E-state index in [9.17, 15) is 19.7 Å². The number of carbonyl (C=O) groups is 2. The van der Waals surface area contributed by atoms with Gasteiger partial charge in [0.05, 0.1) is 22.7 Å². The van der Waals surface area contributed by atoms with Crippen LogP contribution >= 0.6 is 0 Å². The number of benzene rings is 3. The van der Waals surface area contributed by atoms with Crippen molar-refractivity contribution in [2.24, 2.45) is 0 Å². The first-order valence-corrected chi connectivity index (χ1v) is 7.67. The SMILES string of the molecule is O=C1C(=O)N(Cc2cccc3ccccc23)c2ccc([N+](=O)[O-])cc21. The Bertz CT molecular complexity index is 1050. The Morgan fingerprint density at radius 2 is 1.72 bits per heavy atom. The fraction of sp³-hybridized carbons (Fsp3) is 0.0526. The predicted octanol–water partition coefficient (Wildman–Crippen LogP) is 3.48. The number of rotatable bonds is 3. The van der Waals surface area contributed by atoms with Crippen LogP contribution in [-0.4, -0.2) is 16.6 Å². The lowest BCUT2D eigenvalue weighted by molar-refractivity contribution is -0.384. The molecule has 3 aromatic rings. The van der Waals surface area contributed by atoms with Gasteiger partial charge in [0.1, 0.15) is 0 Å². The van der Waals surface area contributed by atoms with E-state index in [1.54, 1.807) is 0 Å². The maximum Gasteiger partial charge on any atom is 0.299 e. The summed E-state index contributed by atoms with van der Waals surface area (Å²) in [7, 11) is 0. The lowest BCUT2D eigenvalue weighted by Crippen LogP contribution is -2.29. The highest BCUT2D eigenvalue weighted by Crippen LogP contribution is 2.34. The summed E-state index contributed by atoms with van der Waals surface area (Å²) in [5, 5.41) is 12.9. The van der Waals surface area contributed by atoms with Crippen LogP contribution in [0.3, 0.4) is 0 Å². The van der Waals surface area contributed by atoms with Crippen LogP contribution in [-0.2, 0) is 11.3 Å². The molecule has 3 aromatic carbocycles. The molecule has 25 heavy (non-hydrogen) atoms. The second kappa shape index (κ2) is 5.52. The number of fused-ring (bicyclic) bond motifs is 2. The van der Waals surface area contributed by atoms with E-state index in [0.29, 0.717) is 5.69 Å². The number of non-ortho nitro benzene ring substituents is 1. The number of amides is 1. The van der Waals surface area contributed by atoms with Crippen molar-refractivity contribution in [2.45, 2.75) is 6.54 Å². The minimum atomic E-state index is -0.709. The van der Waals surface area contributed by atoms with Gasteiger partial charge in [-0.1, -0.05) is 42.5 Å². The molecule has 1 amide bonds. The first-order valence-electron chi connectivity index (χ1n) is 7.67. The summed E-state index contributed by atoms with van der Waals surface area (Å²) in [4.78, 5) is 36.3. The molecule has 0 bridgehead atoms. The molecule has 0 saturated heterocycles. The van der Waals surface area contributed by atoms with E-state index in [1.165, 1.54) is 23.1 Å². The highest BCUT2D eigenvalue weighted by Gasteiger charge is 2.37. The van der Waals surface area contributed by atoms with Crippen LogP contribution in [0.25, 0.3) is 10.8 Å². The molecule has 0 unspecified atom stereocenters. The van der Waals surface area contributed by atoms with Crippen molar-refractivity contribution in [3.8, 4) is 0 Å². The molecule has 4 rings (SSSR count). The summed E-state index contributed by atoms with van der Waals surface area (Å²) in [5.74, 6) is -1.37. The van der Waals surface area contributed by atoms with Crippen molar-refractivity contribution in [3.63, 3.8) is 0 Å². The first kappa shape index (κ1) is 15.0. The Hall–Kier alpha value is -3.54. The van der Waals surface area contributed by atoms with Crippen LogP contribution in [0, 0.1) is 10.1 Å². The van der Waals surface area contributed by atoms with Crippen molar-refractivity contribution >= 4 is 33.8 Å². The van der Waals surface area contributed by atoms with Gasteiger partial charge in [0.25, 0.3) is 17.4 Å². The second-order valence-corrected chi connectivity index (χ2v) is 5.82. The van der Waals surface area contributed by atoms with E-state index in [1.807, 2.05) is 42.5 Å². The number of carbonyl (C=O) groups excluding carboxylic acids is 2. The number of hydrogen-bond acceptors (Lipinski definition) is 4. The lowest BCUT2D eigenvalue weighted by atomic mass is 10.0. The summed E-state index contributed by atoms with van der Waals surface area (Å²) in [6, 6.07) is 17.5. The Balaban J connectivity index is 1.78. The number of Topliss-reactive ketones (excluding diaryl/α,β-unsaturated/α-hetero) is 1. The summed E-state index contributed by atoms with van der Waals surface area (Å²) in [5.41, 5.74) is 1.20. The standard InChI is InChI=1S/C19H12N2O4/c22-18-16-10-14(21(24)25)8-9-17(16)20(19(18)23)11-13-6-3-5-12-4-1-2-7-15(12)13/h1-10H,11H2.